The van der Waals surface area contributed by atoms with Crippen LogP contribution in [-0.2, 0) is 6.42 Å². The smallest absolute Gasteiger partial charge is 0.118 e. The fourth-order valence-electron chi connectivity index (χ4n) is 3.12. The highest BCUT2D eigenvalue weighted by Crippen LogP contribution is 2.41. The van der Waals surface area contributed by atoms with Crippen molar-refractivity contribution in [2.75, 3.05) is 19.4 Å². The van der Waals surface area contributed by atoms with E-state index in [0.717, 1.165) is 18.7 Å². The average Bonchev–Trinajstić information content (AvgIpc) is 2.95. The van der Waals surface area contributed by atoms with Gasteiger partial charge in [0.2, 0.25) is 0 Å². The molecule has 3 heteroatoms. The van der Waals surface area contributed by atoms with Crippen molar-refractivity contribution in [3.63, 3.8) is 0 Å². The van der Waals surface area contributed by atoms with Crippen molar-refractivity contribution in [2.45, 2.75) is 56.7 Å². The molecule has 1 aliphatic heterocycles. The minimum absolute atomic E-state index is 0.418. The summed E-state index contributed by atoms with van der Waals surface area (Å²) in [5.41, 5.74) is 1.41. The molecule has 1 aliphatic rings. The van der Waals surface area contributed by atoms with Crippen LogP contribution in [0.2, 0.25) is 0 Å². The molecule has 1 saturated heterocycles. The summed E-state index contributed by atoms with van der Waals surface area (Å²) >= 11 is 2.16. The summed E-state index contributed by atoms with van der Waals surface area (Å²) in [5, 5.41) is 3.80. The van der Waals surface area contributed by atoms with Crippen LogP contribution in [0.4, 0.5) is 0 Å². The zero-order valence-electron chi connectivity index (χ0n) is 13.7. The summed E-state index contributed by atoms with van der Waals surface area (Å²) < 4.78 is 5.65. The van der Waals surface area contributed by atoms with E-state index in [1.54, 1.807) is 7.11 Å². The zero-order chi connectivity index (χ0) is 15.1. The average molecular weight is 308 g/mol. The second-order valence-electron chi connectivity index (χ2n) is 6.16. The van der Waals surface area contributed by atoms with Crippen molar-refractivity contribution in [3.8, 4) is 5.75 Å². The van der Waals surface area contributed by atoms with Crippen LogP contribution in [0.5, 0.6) is 5.75 Å². The normalized spacial score (nSPS) is 23.2. The first-order valence-corrected chi connectivity index (χ1v) is 9.17. The van der Waals surface area contributed by atoms with Gasteiger partial charge in [-0.15, -0.1) is 0 Å². The van der Waals surface area contributed by atoms with Crippen molar-refractivity contribution in [2.24, 2.45) is 0 Å². The van der Waals surface area contributed by atoms with E-state index in [1.165, 1.54) is 37.0 Å². The van der Waals surface area contributed by atoms with Gasteiger partial charge in [-0.1, -0.05) is 19.1 Å². The standard InChI is InChI=1S/C18H29NOS/c1-4-13-19-17(18(2)12-5-14-21-18)11-8-15-6-9-16(20-3)10-7-15/h6-7,9-10,17,19H,4-5,8,11-14H2,1-3H3. The van der Waals surface area contributed by atoms with Crippen LogP contribution in [0.1, 0.15) is 45.1 Å². The summed E-state index contributed by atoms with van der Waals surface area (Å²) in [4.78, 5) is 0. The summed E-state index contributed by atoms with van der Waals surface area (Å²) in [6, 6.07) is 9.14. The minimum atomic E-state index is 0.418. The Hall–Kier alpha value is -0.670. The molecule has 1 aromatic carbocycles. The molecule has 2 nitrogen and oxygen atoms in total. The Morgan fingerprint density at radius 3 is 2.67 bits per heavy atom. The Balaban J connectivity index is 1.94. The van der Waals surface area contributed by atoms with Crippen molar-refractivity contribution >= 4 is 11.8 Å². The number of ether oxygens (including phenoxy) is 1. The van der Waals surface area contributed by atoms with Crippen LogP contribution < -0.4 is 10.1 Å². The summed E-state index contributed by atoms with van der Waals surface area (Å²) in [5.74, 6) is 2.27. The molecule has 21 heavy (non-hydrogen) atoms. The zero-order valence-corrected chi connectivity index (χ0v) is 14.5. The number of rotatable bonds is 8. The van der Waals surface area contributed by atoms with Gasteiger partial charge in [-0.05, 0) is 69.0 Å². The number of aryl methyl sites for hydroxylation is 1. The molecule has 0 spiro atoms. The van der Waals surface area contributed by atoms with E-state index in [9.17, 15) is 0 Å². The maximum absolute atomic E-state index is 5.23. The predicted molar refractivity (Wildman–Crippen MR) is 93.5 cm³/mol. The molecular weight excluding hydrogens is 278 g/mol. The van der Waals surface area contributed by atoms with Gasteiger partial charge in [0.1, 0.15) is 5.75 Å². The third kappa shape index (κ3) is 4.65. The van der Waals surface area contributed by atoms with Crippen LogP contribution in [-0.4, -0.2) is 30.2 Å². The topological polar surface area (TPSA) is 21.3 Å². The lowest BCUT2D eigenvalue weighted by molar-refractivity contribution is 0.381. The molecule has 0 radical (unpaired) electrons. The van der Waals surface area contributed by atoms with E-state index >= 15 is 0 Å². The highest BCUT2D eigenvalue weighted by Gasteiger charge is 2.36. The van der Waals surface area contributed by atoms with Gasteiger partial charge in [0.05, 0.1) is 7.11 Å². The fourth-order valence-corrected chi connectivity index (χ4v) is 4.57. The van der Waals surface area contributed by atoms with Crippen LogP contribution in [0.25, 0.3) is 0 Å². The van der Waals surface area contributed by atoms with Crippen LogP contribution in [0.3, 0.4) is 0 Å². The van der Waals surface area contributed by atoms with Gasteiger partial charge in [0, 0.05) is 10.8 Å². The molecule has 2 atom stereocenters. The maximum Gasteiger partial charge on any atom is 0.118 e. The second-order valence-corrected chi connectivity index (χ2v) is 7.79. The van der Waals surface area contributed by atoms with Gasteiger partial charge >= 0.3 is 0 Å². The van der Waals surface area contributed by atoms with E-state index in [-0.39, 0.29) is 0 Å². The van der Waals surface area contributed by atoms with Crippen molar-refractivity contribution in [1.29, 1.82) is 0 Å². The number of hydrogen-bond acceptors (Lipinski definition) is 3. The van der Waals surface area contributed by atoms with E-state index < -0.39 is 0 Å². The van der Waals surface area contributed by atoms with Crippen molar-refractivity contribution in [1.82, 2.24) is 5.32 Å². The quantitative estimate of drug-likeness (QED) is 0.774. The van der Waals surface area contributed by atoms with E-state index in [1.807, 2.05) is 0 Å². The number of nitrogens with one attached hydrogen (secondary N) is 1. The Bertz CT molecular complexity index is 412. The molecule has 0 saturated carbocycles. The van der Waals surface area contributed by atoms with Gasteiger partial charge in [-0.2, -0.15) is 11.8 Å². The van der Waals surface area contributed by atoms with Gasteiger partial charge in [-0.25, -0.2) is 0 Å². The lowest BCUT2D eigenvalue weighted by Crippen LogP contribution is -2.45. The SMILES string of the molecule is CCCNC(CCc1ccc(OC)cc1)C1(C)CCCS1. The van der Waals surface area contributed by atoms with Crippen LogP contribution in [0.15, 0.2) is 24.3 Å². The summed E-state index contributed by atoms with van der Waals surface area (Å²) in [6.07, 6.45) is 6.28. The molecule has 1 fully saturated rings. The first-order chi connectivity index (χ1) is 10.2. The molecular formula is C18H29NOS. The molecule has 118 valence electrons. The highest BCUT2D eigenvalue weighted by molar-refractivity contribution is 8.00. The van der Waals surface area contributed by atoms with E-state index in [0.29, 0.717) is 10.8 Å². The van der Waals surface area contributed by atoms with Crippen LogP contribution >= 0.6 is 11.8 Å². The van der Waals surface area contributed by atoms with Crippen molar-refractivity contribution in [3.05, 3.63) is 29.8 Å². The third-order valence-corrected chi connectivity index (χ3v) is 6.15. The van der Waals surface area contributed by atoms with E-state index in [4.69, 9.17) is 4.74 Å². The number of methoxy groups -OCH3 is 1. The van der Waals surface area contributed by atoms with Gasteiger partial charge in [0.25, 0.3) is 0 Å². The first kappa shape index (κ1) is 16.7. The Morgan fingerprint density at radius 2 is 2.10 bits per heavy atom. The molecule has 0 amide bonds. The highest BCUT2D eigenvalue weighted by atomic mass is 32.2. The van der Waals surface area contributed by atoms with Gasteiger partial charge in [-0.3, -0.25) is 0 Å². The Morgan fingerprint density at radius 1 is 1.33 bits per heavy atom. The maximum atomic E-state index is 5.23. The summed E-state index contributed by atoms with van der Waals surface area (Å²) in [6.45, 7) is 5.83. The lowest BCUT2D eigenvalue weighted by atomic mass is 9.91. The Labute approximate surface area is 134 Å². The molecule has 2 rings (SSSR count). The molecule has 2 unspecified atom stereocenters. The molecule has 1 N–H and O–H groups in total. The minimum Gasteiger partial charge on any atom is -0.497 e. The third-order valence-electron chi connectivity index (χ3n) is 4.51. The Kier molecular flexibility index (Phi) is 6.43. The monoisotopic (exact) mass is 307 g/mol. The molecule has 1 aromatic rings. The van der Waals surface area contributed by atoms with Gasteiger partial charge in [0.15, 0.2) is 0 Å². The summed E-state index contributed by atoms with van der Waals surface area (Å²) in [7, 11) is 1.72. The number of benzene rings is 1. The predicted octanol–water partition coefficient (Wildman–Crippen LogP) is 4.28. The fraction of sp³-hybridized carbons (Fsp3) is 0.667. The van der Waals surface area contributed by atoms with E-state index in [2.05, 4.69) is 55.2 Å². The molecule has 0 aliphatic carbocycles. The van der Waals surface area contributed by atoms with Crippen molar-refractivity contribution < 1.29 is 4.74 Å². The number of thioether (sulfide) groups is 1. The molecule has 0 aromatic heterocycles. The largest absolute Gasteiger partial charge is 0.497 e. The van der Waals surface area contributed by atoms with Gasteiger partial charge < -0.3 is 10.1 Å². The molecule has 0 bridgehead atoms. The second kappa shape index (κ2) is 8.09. The van der Waals surface area contributed by atoms with Crippen LogP contribution in [0, 0.1) is 0 Å². The molecule has 1 heterocycles. The first-order valence-electron chi connectivity index (χ1n) is 8.18. The lowest BCUT2D eigenvalue weighted by Gasteiger charge is -2.34. The number of hydrogen-bond donors (Lipinski definition) is 1.